The van der Waals surface area contributed by atoms with E-state index in [4.69, 9.17) is 9.47 Å². The van der Waals surface area contributed by atoms with E-state index in [1.807, 2.05) is 0 Å². The van der Waals surface area contributed by atoms with Gasteiger partial charge in [0.25, 0.3) is 0 Å². The predicted octanol–water partition coefficient (Wildman–Crippen LogP) is 6.31. The molecule has 2 aliphatic heterocycles. The Morgan fingerprint density at radius 3 is 2.14 bits per heavy atom. The Bertz CT molecular complexity index is 1070. The number of amides is 1. The molecule has 1 N–H and O–H groups in total. The van der Waals surface area contributed by atoms with Crippen molar-refractivity contribution in [1.82, 2.24) is 4.90 Å². The van der Waals surface area contributed by atoms with Crippen molar-refractivity contribution in [2.75, 3.05) is 19.7 Å². The molecule has 0 aliphatic carbocycles. The van der Waals surface area contributed by atoms with Crippen LogP contribution in [0, 0.1) is 17.7 Å². The molecule has 2 aromatic carbocycles. The number of carbonyl (C=O) groups is 1. The molecule has 12 heteroatoms. The molecule has 2 fully saturated rings. The summed E-state index contributed by atoms with van der Waals surface area (Å²) in [5.74, 6) is -1.68. The van der Waals surface area contributed by atoms with Gasteiger partial charge < -0.3 is 19.5 Å². The van der Waals surface area contributed by atoms with Crippen molar-refractivity contribution in [3.8, 4) is 0 Å². The first-order valence-corrected chi connectivity index (χ1v) is 11.0. The lowest BCUT2D eigenvalue weighted by atomic mass is 9.77. The van der Waals surface area contributed by atoms with E-state index in [1.165, 1.54) is 36.1 Å². The van der Waals surface area contributed by atoms with E-state index in [1.54, 1.807) is 0 Å². The number of hydrogen-bond acceptors (Lipinski definition) is 3. The summed E-state index contributed by atoms with van der Waals surface area (Å²) in [5.41, 5.74) is -2.72. The van der Waals surface area contributed by atoms with Crippen LogP contribution in [0.5, 0.6) is 0 Å². The fraction of sp³-hybridized carbons (Fsp3) is 0.458. The minimum absolute atomic E-state index is 0.0399. The number of rotatable bonds is 4. The molecule has 2 aromatic rings. The van der Waals surface area contributed by atoms with Gasteiger partial charge in [-0.3, -0.25) is 0 Å². The minimum atomic E-state index is -5.01. The molecular weight excluding hydrogens is 499 g/mol. The van der Waals surface area contributed by atoms with Gasteiger partial charge in [-0.25, -0.2) is 9.18 Å². The van der Waals surface area contributed by atoms with Gasteiger partial charge in [-0.05, 0) is 54.3 Å². The van der Waals surface area contributed by atoms with Gasteiger partial charge in [0.2, 0.25) is 0 Å². The van der Waals surface area contributed by atoms with Crippen molar-refractivity contribution in [2.45, 2.75) is 37.6 Å². The van der Waals surface area contributed by atoms with Crippen molar-refractivity contribution in [3.05, 3.63) is 70.5 Å². The molecule has 0 radical (unpaired) electrons. The first kappa shape index (κ1) is 26.2. The molecule has 0 unspecified atom stereocenters. The topological polar surface area (TPSA) is 59.0 Å². The molecule has 0 aromatic heterocycles. The van der Waals surface area contributed by atoms with Crippen molar-refractivity contribution in [1.29, 1.82) is 0 Å². The van der Waals surface area contributed by atoms with E-state index in [0.717, 1.165) is 0 Å². The molecule has 1 amide bonds. The minimum Gasteiger partial charge on any atom is -0.465 e. The van der Waals surface area contributed by atoms with Crippen LogP contribution in [0.2, 0.25) is 0 Å². The maximum absolute atomic E-state index is 13.6. The van der Waals surface area contributed by atoms with E-state index >= 15 is 0 Å². The van der Waals surface area contributed by atoms with Crippen LogP contribution < -0.4 is 0 Å². The zero-order chi connectivity index (χ0) is 26.4. The summed E-state index contributed by atoms with van der Waals surface area (Å²) in [6.07, 6.45) is -13.5. The van der Waals surface area contributed by atoms with Crippen LogP contribution in [0.1, 0.15) is 41.2 Å². The molecule has 5 nitrogen and oxygen atoms in total. The highest BCUT2D eigenvalue weighted by atomic mass is 19.4. The van der Waals surface area contributed by atoms with Crippen molar-refractivity contribution in [2.24, 2.45) is 11.8 Å². The summed E-state index contributed by atoms with van der Waals surface area (Å²) in [6.45, 7) is 1.72. The summed E-state index contributed by atoms with van der Waals surface area (Å²) in [4.78, 5) is 12.7. The van der Waals surface area contributed by atoms with E-state index in [0.29, 0.717) is 17.7 Å². The second-order valence-electron chi connectivity index (χ2n) is 9.01. The van der Waals surface area contributed by atoms with Crippen LogP contribution in [0.25, 0.3) is 0 Å². The second kappa shape index (κ2) is 9.55. The maximum atomic E-state index is 13.6. The van der Waals surface area contributed by atoms with Gasteiger partial charge in [-0.2, -0.15) is 26.3 Å². The standard InChI is InChI=1S/C24H22F7NO4/c1-12(14-6-16(23(26,27)28)8-17(7-14)24(29,30)31)36-21-20(13-2-4-18(25)5-3-13)19-10-32(22(33)34)9-15(19)11-35-21/h2-8,12,15,19-21H,9-11H2,1H3,(H,33,34)/t12-,15+,19-,20+,21-/m1/s1. The first-order chi connectivity index (χ1) is 16.7. The van der Waals surface area contributed by atoms with Crippen LogP contribution in [0.3, 0.4) is 0 Å². The Labute approximate surface area is 201 Å². The van der Waals surface area contributed by atoms with Gasteiger partial charge in [-0.15, -0.1) is 0 Å². The highest BCUT2D eigenvalue weighted by Crippen LogP contribution is 2.45. The number of halogens is 7. The zero-order valence-electron chi connectivity index (χ0n) is 18.8. The number of hydrogen-bond donors (Lipinski definition) is 1. The number of benzene rings is 2. The Kier molecular flexibility index (Phi) is 6.95. The van der Waals surface area contributed by atoms with Crippen LogP contribution >= 0.6 is 0 Å². The Morgan fingerprint density at radius 1 is 1.03 bits per heavy atom. The number of alkyl halides is 6. The Hall–Kier alpha value is -2.86. The molecule has 5 atom stereocenters. The highest BCUT2D eigenvalue weighted by Gasteiger charge is 2.48. The highest BCUT2D eigenvalue weighted by molar-refractivity contribution is 5.65. The Morgan fingerprint density at radius 2 is 1.61 bits per heavy atom. The normalized spacial score (nSPS) is 25.5. The largest absolute Gasteiger partial charge is 0.465 e. The average molecular weight is 521 g/mol. The van der Waals surface area contributed by atoms with Gasteiger partial charge in [0, 0.05) is 24.9 Å². The SMILES string of the molecule is C[C@@H](O[C@H]1OC[C@@H]2CN(C(=O)O)C[C@H]2[C@@H]1c1ccc(F)cc1)c1cc(C(F)(F)F)cc(C(F)(F)F)c1. The van der Waals surface area contributed by atoms with E-state index in [9.17, 15) is 40.6 Å². The summed E-state index contributed by atoms with van der Waals surface area (Å²) in [7, 11) is 0. The lowest BCUT2D eigenvalue weighted by Crippen LogP contribution is -2.42. The van der Waals surface area contributed by atoms with Gasteiger partial charge in [0.1, 0.15) is 5.82 Å². The fourth-order valence-electron chi connectivity index (χ4n) is 4.87. The molecule has 0 saturated carbocycles. The van der Waals surface area contributed by atoms with E-state index in [-0.39, 0.29) is 43.2 Å². The van der Waals surface area contributed by atoms with Crippen LogP contribution in [0.4, 0.5) is 35.5 Å². The van der Waals surface area contributed by atoms with Crippen LogP contribution in [0.15, 0.2) is 42.5 Å². The summed E-state index contributed by atoms with van der Waals surface area (Å²) >= 11 is 0. The third-order valence-corrected chi connectivity index (χ3v) is 6.66. The molecule has 36 heavy (non-hydrogen) atoms. The number of ether oxygens (including phenoxy) is 2. The quantitative estimate of drug-likeness (QED) is 0.480. The zero-order valence-corrected chi connectivity index (χ0v) is 18.8. The average Bonchev–Trinajstić information content (AvgIpc) is 3.23. The number of nitrogens with zero attached hydrogens (tertiary/aromatic N) is 1. The van der Waals surface area contributed by atoms with Gasteiger partial charge in [-0.1, -0.05) is 12.1 Å². The third-order valence-electron chi connectivity index (χ3n) is 6.66. The third kappa shape index (κ3) is 5.44. The van der Waals surface area contributed by atoms with Crippen molar-refractivity contribution < 1.29 is 50.1 Å². The number of likely N-dealkylation sites (tertiary alicyclic amines) is 1. The molecular formula is C24H22F7NO4. The summed E-state index contributed by atoms with van der Waals surface area (Å²) < 4.78 is 105. The molecule has 2 saturated heterocycles. The predicted molar refractivity (Wildman–Crippen MR) is 111 cm³/mol. The summed E-state index contributed by atoms with van der Waals surface area (Å²) in [5, 5.41) is 9.42. The summed E-state index contributed by atoms with van der Waals surface area (Å²) in [6, 6.07) is 6.58. The number of carboxylic acid groups (broad SMARTS) is 1. The molecule has 0 bridgehead atoms. The molecule has 4 rings (SSSR count). The van der Waals surface area contributed by atoms with Gasteiger partial charge >= 0.3 is 18.4 Å². The Balaban J connectivity index is 1.66. The van der Waals surface area contributed by atoms with E-state index < -0.39 is 53.7 Å². The number of fused-ring (bicyclic) bond motifs is 1. The van der Waals surface area contributed by atoms with Crippen LogP contribution in [-0.2, 0) is 21.8 Å². The molecule has 0 spiro atoms. The maximum Gasteiger partial charge on any atom is 0.416 e. The van der Waals surface area contributed by atoms with Crippen molar-refractivity contribution in [3.63, 3.8) is 0 Å². The first-order valence-electron chi connectivity index (χ1n) is 11.0. The lowest BCUT2D eigenvalue weighted by molar-refractivity contribution is -0.217. The molecule has 2 aliphatic rings. The van der Waals surface area contributed by atoms with Crippen molar-refractivity contribution >= 4 is 6.09 Å². The van der Waals surface area contributed by atoms with E-state index in [2.05, 4.69) is 0 Å². The second-order valence-corrected chi connectivity index (χ2v) is 9.01. The lowest BCUT2D eigenvalue weighted by Gasteiger charge is -2.40. The molecule has 2 heterocycles. The monoisotopic (exact) mass is 521 g/mol. The van der Waals surface area contributed by atoms with Gasteiger partial charge in [0.05, 0.1) is 23.8 Å². The van der Waals surface area contributed by atoms with Crippen LogP contribution in [-0.4, -0.2) is 42.1 Å². The smallest absolute Gasteiger partial charge is 0.416 e. The van der Waals surface area contributed by atoms with Gasteiger partial charge in [0.15, 0.2) is 6.29 Å². The fourth-order valence-corrected chi connectivity index (χ4v) is 4.87. The molecule has 196 valence electrons.